The van der Waals surface area contributed by atoms with E-state index in [1.54, 1.807) is 0 Å². The number of carbonyl (C=O) groups excluding carboxylic acids is 1. The van der Waals surface area contributed by atoms with Gasteiger partial charge in [-0.1, -0.05) is 11.6 Å². The lowest BCUT2D eigenvalue weighted by molar-refractivity contribution is -0.0499. The molecule has 1 aromatic rings. The molecule has 1 rings (SSSR count). The van der Waals surface area contributed by atoms with Crippen LogP contribution in [-0.2, 0) is 4.74 Å². The van der Waals surface area contributed by atoms with Crippen molar-refractivity contribution in [1.82, 2.24) is 0 Å². The summed E-state index contributed by atoms with van der Waals surface area (Å²) < 4.78 is 32.3. The molecule has 0 bridgehead atoms. The highest BCUT2D eigenvalue weighted by Crippen LogP contribution is 2.22. The van der Waals surface area contributed by atoms with E-state index in [0.29, 0.717) is 0 Å². The van der Waals surface area contributed by atoms with Gasteiger partial charge in [0.2, 0.25) is 0 Å². The number of ether oxygens (including phenoxy) is 2. The molecular weight excluding hydrogens is 230 g/mol. The molecule has 0 fully saturated rings. The fourth-order valence-corrected chi connectivity index (χ4v) is 1.19. The Morgan fingerprint density at radius 3 is 2.60 bits per heavy atom. The first-order chi connectivity index (χ1) is 7.02. The Bertz CT molecular complexity index is 368. The fraction of sp³-hybridized carbons (Fsp3) is 0.222. The molecule has 0 aromatic heterocycles. The summed E-state index contributed by atoms with van der Waals surface area (Å²) >= 11 is 5.60. The van der Waals surface area contributed by atoms with Gasteiger partial charge in [0.1, 0.15) is 5.75 Å². The van der Waals surface area contributed by atoms with Crippen LogP contribution < -0.4 is 4.74 Å². The molecule has 0 amide bonds. The second kappa shape index (κ2) is 4.93. The Morgan fingerprint density at radius 2 is 2.07 bits per heavy atom. The van der Waals surface area contributed by atoms with Crippen LogP contribution >= 0.6 is 11.6 Å². The molecular formula is C9H7ClF2O3. The topological polar surface area (TPSA) is 35.5 Å². The zero-order chi connectivity index (χ0) is 11.4. The molecule has 0 atom stereocenters. The predicted octanol–water partition coefficient (Wildman–Crippen LogP) is 2.73. The number of hydrogen-bond donors (Lipinski definition) is 0. The van der Waals surface area contributed by atoms with Gasteiger partial charge in [0.15, 0.2) is 0 Å². The summed E-state index contributed by atoms with van der Waals surface area (Å²) in [5.74, 6) is -0.852. The van der Waals surface area contributed by atoms with E-state index in [-0.39, 0.29) is 16.3 Å². The largest absolute Gasteiger partial charge is 0.465 e. The predicted molar refractivity (Wildman–Crippen MR) is 49.4 cm³/mol. The first-order valence-corrected chi connectivity index (χ1v) is 4.24. The second-order valence-corrected chi connectivity index (χ2v) is 2.98. The Morgan fingerprint density at radius 1 is 1.40 bits per heavy atom. The van der Waals surface area contributed by atoms with Gasteiger partial charge in [-0.15, -0.1) is 0 Å². The number of alkyl halides is 2. The maximum atomic E-state index is 11.9. The normalized spacial score (nSPS) is 10.2. The summed E-state index contributed by atoms with van der Waals surface area (Å²) in [7, 11) is 1.18. The van der Waals surface area contributed by atoms with E-state index in [1.807, 2.05) is 0 Å². The monoisotopic (exact) mass is 236 g/mol. The van der Waals surface area contributed by atoms with E-state index in [0.717, 1.165) is 6.07 Å². The Balaban J connectivity index is 2.99. The molecule has 0 saturated heterocycles. The van der Waals surface area contributed by atoms with E-state index >= 15 is 0 Å². The summed E-state index contributed by atoms with van der Waals surface area (Å²) in [6.45, 7) is -2.96. The highest BCUT2D eigenvalue weighted by atomic mass is 35.5. The van der Waals surface area contributed by atoms with Crippen molar-refractivity contribution in [2.45, 2.75) is 6.61 Å². The van der Waals surface area contributed by atoms with Crippen molar-refractivity contribution in [1.29, 1.82) is 0 Å². The molecule has 1 aromatic carbocycles. The van der Waals surface area contributed by atoms with Gasteiger partial charge in [-0.25, -0.2) is 4.79 Å². The van der Waals surface area contributed by atoms with Gasteiger partial charge in [-0.2, -0.15) is 8.78 Å². The van der Waals surface area contributed by atoms with Crippen molar-refractivity contribution in [2.24, 2.45) is 0 Å². The lowest BCUT2D eigenvalue weighted by Crippen LogP contribution is -2.05. The number of carbonyl (C=O) groups is 1. The van der Waals surface area contributed by atoms with Crippen LogP contribution in [0.25, 0.3) is 0 Å². The number of halogens is 3. The van der Waals surface area contributed by atoms with Crippen LogP contribution in [-0.4, -0.2) is 19.7 Å². The lowest BCUT2D eigenvalue weighted by atomic mass is 10.2. The molecule has 0 N–H and O–H groups in total. The maximum absolute atomic E-state index is 11.9. The molecule has 0 spiro atoms. The minimum absolute atomic E-state index is 0.0562. The molecule has 3 nitrogen and oxygen atoms in total. The van der Waals surface area contributed by atoms with Gasteiger partial charge in [0.05, 0.1) is 12.7 Å². The smallest absolute Gasteiger partial charge is 0.387 e. The second-order valence-electron chi connectivity index (χ2n) is 2.55. The first-order valence-electron chi connectivity index (χ1n) is 3.86. The maximum Gasteiger partial charge on any atom is 0.387 e. The average molecular weight is 237 g/mol. The third-order valence-electron chi connectivity index (χ3n) is 1.52. The Hall–Kier alpha value is -1.36. The van der Waals surface area contributed by atoms with Crippen LogP contribution in [0.5, 0.6) is 5.75 Å². The van der Waals surface area contributed by atoms with Gasteiger partial charge < -0.3 is 9.47 Å². The molecule has 0 saturated carbocycles. The van der Waals surface area contributed by atoms with Crippen LogP contribution in [0.3, 0.4) is 0 Å². The molecule has 82 valence electrons. The highest BCUT2D eigenvalue weighted by molar-refractivity contribution is 6.31. The summed E-state index contributed by atoms with van der Waals surface area (Å²) in [6.07, 6.45) is 0. The van der Waals surface area contributed by atoms with Crippen molar-refractivity contribution in [3.8, 4) is 5.75 Å². The molecule has 0 heterocycles. The van der Waals surface area contributed by atoms with Crippen molar-refractivity contribution in [2.75, 3.05) is 7.11 Å². The van der Waals surface area contributed by atoms with Gasteiger partial charge in [-0.05, 0) is 18.2 Å². The zero-order valence-electron chi connectivity index (χ0n) is 7.67. The number of benzene rings is 1. The van der Waals surface area contributed by atoms with Crippen LogP contribution in [0.1, 0.15) is 10.4 Å². The van der Waals surface area contributed by atoms with E-state index in [2.05, 4.69) is 9.47 Å². The van der Waals surface area contributed by atoms with Crippen LogP contribution in [0, 0.1) is 0 Å². The third-order valence-corrected chi connectivity index (χ3v) is 1.74. The standard InChI is InChI=1S/C9H7ClF2O3/c1-14-8(13)5-2-6(10)4-7(3-5)15-9(11)12/h2-4,9H,1H3. The number of esters is 1. The molecule has 6 heteroatoms. The highest BCUT2D eigenvalue weighted by Gasteiger charge is 2.11. The molecule has 0 aliphatic heterocycles. The minimum atomic E-state index is -2.96. The Labute approximate surface area is 89.5 Å². The van der Waals surface area contributed by atoms with E-state index in [9.17, 15) is 13.6 Å². The molecule has 15 heavy (non-hydrogen) atoms. The summed E-state index contributed by atoms with van der Waals surface area (Å²) in [6, 6.07) is 3.61. The zero-order valence-corrected chi connectivity index (χ0v) is 8.42. The molecule has 0 aliphatic rings. The summed E-state index contributed by atoms with van der Waals surface area (Å²) in [5.41, 5.74) is 0.0562. The van der Waals surface area contributed by atoms with Crippen LogP contribution in [0.2, 0.25) is 5.02 Å². The number of rotatable bonds is 3. The van der Waals surface area contributed by atoms with E-state index in [4.69, 9.17) is 11.6 Å². The van der Waals surface area contributed by atoms with Gasteiger partial charge in [-0.3, -0.25) is 0 Å². The quantitative estimate of drug-likeness (QED) is 0.757. The average Bonchev–Trinajstić information content (AvgIpc) is 2.14. The number of methoxy groups -OCH3 is 1. The Kier molecular flexibility index (Phi) is 3.85. The lowest BCUT2D eigenvalue weighted by Gasteiger charge is -2.06. The van der Waals surface area contributed by atoms with Crippen LogP contribution in [0.15, 0.2) is 18.2 Å². The van der Waals surface area contributed by atoms with Crippen molar-refractivity contribution >= 4 is 17.6 Å². The van der Waals surface area contributed by atoms with E-state index < -0.39 is 12.6 Å². The SMILES string of the molecule is COC(=O)c1cc(Cl)cc(OC(F)F)c1. The van der Waals surface area contributed by atoms with Gasteiger partial charge in [0.25, 0.3) is 0 Å². The molecule has 0 unspecified atom stereocenters. The molecule has 0 radical (unpaired) electrons. The minimum Gasteiger partial charge on any atom is -0.465 e. The first kappa shape index (κ1) is 11.7. The summed E-state index contributed by atoms with van der Waals surface area (Å²) in [5, 5.41) is 0.119. The van der Waals surface area contributed by atoms with Gasteiger partial charge in [0, 0.05) is 5.02 Å². The van der Waals surface area contributed by atoms with Crippen LogP contribution in [0.4, 0.5) is 8.78 Å². The van der Waals surface area contributed by atoms with E-state index in [1.165, 1.54) is 19.2 Å². The number of hydrogen-bond acceptors (Lipinski definition) is 3. The van der Waals surface area contributed by atoms with Crippen molar-refractivity contribution < 1.29 is 23.0 Å². The summed E-state index contributed by atoms with van der Waals surface area (Å²) in [4.78, 5) is 11.1. The molecule has 0 aliphatic carbocycles. The third kappa shape index (κ3) is 3.36. The fourth-order valence-electron chi connectivity index (χ4n) is 0.969. The van der Waals surface area contributed by atoms with Gasteiger partial charge >= 0.3 is 12.6 Å². The van der Waals surface area contributed by atoms with Crippen molar-refractivity contribution in [3.63, 3.8) is 0 Å². The van der Waals surface area contributed by atoms with Crippen molar-refractivity contribution in [3.05, 3.63) is 28.8 Å².